The third-order valence-electron chi connectivity index (χ3n) is 4.61. The zero-order valence-corrected chi connectivity index (χ0v) is 15.7. The molecule has 26 heavy (non-hydrogen) atoms. The molecule has 0 radical (unpaired) electrons. The molecule has 1 aromatic rings. The van der Waals surface area contributed by atoms with Crippen molar-refractivity contribution in [1.82, 2.24) is 9.88 Å². The largest absolute Gasteiger partial charge is 0.457 e. The molecule has 1 aromatic heterocycles. The third-order valence-corrected chi connectivity index (χ3v) is 4.61. The molecule has 1 saturated heterocycles. The first kappa shape index (κ1) is 18.6. The second-order valence-corrected chi connectivity index (χ2v) is 8.02. The minimum absolute atomic E-state index is 0.0207. The van der Waals surface area contributed by atoms with E-state index in [4.69, 9.17) is 4.74 Å². The van der Waals surface area contributed by atoms with Crippen LogP contribution in [0, 0.1) is 0 Å². The van der Waals surface area contributed by atoms with Crippen LogP contribution in [0.5, 0.6) is 0 Å². The van der Waals surface area contributed by atoms with E-state index in [1.54, 1.807) is 12.3 Å². The van der Waals surface area contributed by atoms with Crippen LogP contribution in [-0.2, 0) is 20.9 Å². The van der Waals surface area contributed by atoms with Crippen LogP contribution in [0.2, 0.25) is 0 Å². The van der Waals surface area contributed by atoms with E-state index in [9.17, 15) is 9.59 Å². The first-order valence-electron chi connectivity index (χ1n) is 9.24. The van der Waals surface area contributed by atoms with E-state index in [0.717, 1.165) is 30.6 Å². The van der Waals surface area contributed by atoms with E-state index in [1.165, 1.54) is 18.9 Å². The summed E-state index contributed by atoms with van der Waals surface area (Å²) < 4.78 is 5.28. The van der Waals surface area contributed by atoms with E-state index in [2.05, 4.69) is 15.2 Å². The van der Waals surface area contributed by atoms with Crippen LogP contribution in [0.3, 0.4) is 0 Å². The predicted molar refractivity (Wildman–Crippen MR) is 100 cm³/mol. The van der Waals surface area contributed by atoms with Crippen molar-refractivity contribution in [2.75, 3.05) is 11.9 Å². The van der Waals surface area contributed by atoms with Gasteiger partial charge in [-0.25, -0.2) is 9.78 Å². The lowest BCUT2D eigenvalue weighted by Crippen LogP contribution is -2.42. The molecular formula is C20H27N3O3. The van der Waals surface area contributed by atoms with E-state index in [1.807, 2.05) is 26.8 Å². The molecule has 6 nitrogen and oxygen atoms in total. The Bertz CT molecular complexity index is 722. The van der Waals surface area contributed by atoms with Gasteiger partial charge in [0, 0.05) is 36.8 Å². The first-order valence-corrected chi connectivity index (χ1v) is 9.24. The van der Waals surface area contributed by atoms with Crippen molar-refractivity contribution >= 4 is 23.8 Å². The van der Waals surface area contributed by atoms with Crippen molar-refractivity contribution in [2.24, 2.45) is 0 Å². The van der Waals surface area contributed by atoms with Crippen LogP contribution in [0.15, 0.2) is 18.3 Å². The molecule has 2 aliphatic heterocycles. The topological polar surface area (TPSA) is 71.5 Å². The summed E-state index contributed by atoms with van der Waals surface area (Å²) in [6, 6.07) is 2.29. The Morgan fingerprint density at radius 3 is 2.96 bits per heavy atom. The molecule has 3 heterocycles. The Morgan fingerprint density at radius 1 is 1.38 bits per heavy atom. The first-order chi connectivity index (χ1) is 12.3. The molecule has 1 amide bonds. The minimum Gasteiger partial charge on any atom is -0.457 e. The number of anilines is 1. The van der Waals surface area contributed by atoms with Gasteiger partial charge in [-0.3, -0.25) is 9.69 Å². The molecular weight excluding hydrogens is 330 g/mol. The number of amides is 1. The predicted octanol–water partition coefficient (Wildman–Crippen LogP) is 3.13. The average Bonchev–Trinajstić information content (AvgIpc) is 2.53. The van der Waals surface area contributed by atoms with Crippen molar-refractivity contribution < 1.29 is 14.3 Å². The molecule has 2 aliphatic rings. The number of aromatic nitrogens is 1. The highest BCUT2D eigenvalue weighted by atomic mass is 16.6. The maximum absolute atomic E-state index is 12.2. The molecule has 0 saturated carbocycles. The van der Waals surface area contributed by atoms with Crippen molar-refractivity contribution in [1.29, 1.82) is 0 Å². The number of pyridine rings is 1. The highest BCUT2D eigenvalue weighted by Gasteiger charge is 2.28. The van der Waals surface area contributed by atoms with Crippen LogP contribution in [0.4, 0.5) is 5.82 Å². The van der Waals surface area contributed by atoms with Crippen molar-refractivity contribution in [3.8, 4) is 0 Å². The van der Waals surface area contributed by atoms with Crippen LogP contribution in [0.25, 0.3) is 6.08 Å². The van der Waals surface area contributed by atoms with Gasteiger partial charge in [0.2, 0.25) is 5.91 Å². The molecule has 0 bridgehead atoms. The van der Waals surface area contributed by atoms with Gasteiger partial charge < -0.3 is 10.1 Å². The lowest BCUT2D eigenvalue weighted by Gasteiger charge is -2.37. The van der Waals surface area contributed by atoms with Crippen LogP contribution in [-0.4, -0.2) is 39.9 Å². The van der Waals surface area contributed by atoms with Gasteiger partial charge in [0.15, 0.2) is 0 Å². The van der Waals surface area contributed by atoms with Crippen molar-refractivity contribution in [2.45, 2.75) is 64.6 Å². The summed E-state index contributed by atoms with van der Waals surface area (Å²) in [5.74, 6) is 0.259. The van der Waals surface area contributed by atoms with Gasteiger partial charge in [-0.05, 0) is 57.9 Å². The van der Waals surface area contributed by atoms with Crippen LogP contribution >= 0.6 is 0 Å². The SMILES string of the molecule is CC(C)(C)OC(=O)/C=C/c1cnc2c(c1)CN1CCCCC1CC(=O)N2. The molecule has 0 aromatic carbocycles. The standard InChI is InChI=1S/C20H27N3O3/c1-20(2,3)26-18(25)8-7-14-10-15-13-23-9-5-4-6-16(23)11-17(24)22-19(15)21-12-14/h7-8,10,12,16H,4-6,9,11,13H2,1-3H3,(H,21,22,24)/b8-7+. The third kappa shape index (κ3) is 4.91. The number of rotatable bonds is 2. The summed E-state index contributed by atoms with van der Waals surface area (Å²) in [7, 11) is 0. The molecule has 0 aliphatic carbocycles. The van der Waals surface area contributed by atoms with Crippen LogP contribution < -0.4 is 5.32 Å². The summed E-state index contributed by atoms with van der Waals surface area (Å²) in [5, 5.41) is 2.93. The van der Waals surface area contributed by atoms with Gasteiger partial charge in [0.1, 0.15) is 11.4 Å². The monoisotopic (exact) mass is 357 g/mol. The molecule has 1 fully saturated rings. The molecule has 1 atom stereocenters. The highest BCUT2D eigenvalue weighted by Crippen LogP contribution is 2.27. The van der Waals surface area contributed by atoms with E-state index in [0.29, 0.717) is 18.3 Å². The average molecular weight is 357 g/mol. The normalized spacial score (nSPS) is 21.3. The molecule has 6 heteroatoms. The summed E-state index contributed by atoms with van der Waals surface area (Å²) in [6.07, 6.45) is 8.72. The second kappa shape index (κ2) is 7.58. The summed E-state index contributed by atoms with van der Waals surface area (Å²) in [6.45, 7) is 7.28. The molecule has 1 N–H and O–H groups in total. The maximum Gasteiger partial charge on any atom is 0.331 e. The number of hydrogen-bond acceptors (Lipinski definition) is 5. The fourth-order valence-electron chi connectivity index (χ4n) is 3.47. The number of nitrogens with one attached hydrogen (secondary N) is 1. The van der Waals surface area contributed by atoms with Gasteiger partial charge in [-0.15, -0.1) is 0 Å². The smallest absolute Gasteiger partial charge is 0.331 e. The Balaban J connectivity index is 1.79. The van der Waals surface area contributed by atoms with Gasteiger partial charge in [0.25, 0.3) is 0 Å². The van der Waals surface area contributed by atoms with E-state index >= 15 is 0 Å². The quantitative estimate of drug-likeness (QED) is 0.650. The number of ether oxygens (including phenoxy) is 1. The van der Waals surface area contributed by atoms with Gasteiger partial charge in [0.05, 0.1) is 0 Å². The molecule has 3 rings (SSSR count). The number of esters is 1. The number of hydrogen-bond donors (Lipinski definition) is 1. The molecule has 140 valence electrons. The minimum atomic E-state index is -0.515. The van der Waals surface area contributed by atoms with E-state index in [-0.39, 0.29) is 11.9 Å². The lowest BCUT2D eigenvalue weighted by atomic mass is 9.97. The molecule has 1 unspecified atom stereocenters. The summed E-state index contributed by atoms with van der Waals surface area (Å²) in [4.78, 5) is 30.9. The number of carbonyl (C=O) groups excluding carboxylic acids is 2. The molecule has 0 spiro atoms. The van der Waals surface area contributed by atoms with Crippen molar-refractivity contribution in [3.63, 3.8) is 0 Å². The van der Waals surface area contributed by atoms with Gasteiger partial charge in [-0.2, -0.15) is 0 Å². The Kier molecular flexibility index (Phi) is 5.41. The van der Waals surface area contributed by atoms with Crippen LogP contribution in [0.1, 0.15) is 57.6 Å². The van der Waals surface area contributed by atoms with Crippen molar-refractivity contribution in [3.05, 3.63) is 29.5 Å². The fraction of sp³-hybridized carbons (Fsp3) is 0.550. The summed E-state index contributed by atoms with van der Waals surface area (Å²) in [5.41, 5.74) is 1.29. The number of nitrogens with zero attached hydrogens (tertiary/aromatic N) is 2. The Morgan fingerprint density at radius 2 is 2.19 bits per heavy atom. The zero-order chi connectivity index (χ0) is 18.7. The Labute approximate surface area is 154 Å². The Hall–Kier alpha value is -2.21. The number of carbonyl (C=O) groups is 2. The second-order valence-electron chi connectivity index (χ2n) is 8.02. The highest BCUT2D eigenvalue weighted by molar-refractivity contribution is 5.91. The number of fused-ring (bicyclic) bond motifs is 2. The number of piperidine rings is 1. The van der Waals surface area contributed by atoms with Gasteiger partial charge in [-0.1, -0.05) is 6.42 Å². The summed E-state index contributed by atoms with van der Waals surface area (Å²) >= 11 is 0. The fourth-order valence-corrected chi connectivity index (χ4v) is 3.47. The van der Waals surface area contributed by atoms with E-state index < -0.39 is 5.60 Å². The lowest BCUT2D eigenvalue weighted by molar-refractivity contribution is -0.148. The maximum atomic E-state index is 12.2. The zero-order valence-electron chi connectivity index (χ0n) is 15.7. The van der Waals surface area contributed by atoms with Gasteiger partial charge >= 0.3 is 5.97 Å².